The Hall–Kier alpha value is -0.860. The zero-order chi connectivity index (χ0) is 15.6. The Bertz CT molecular complexity index is 442. The molecule has 118 valence electrons. The Morgan fingerprint density at radius 3 is 2.29 bits per heavy atom. The first-order valence-electron chi connectivity index (χ1n) is 8.35. The van der Waals surface area contributed by atoms with Gasteiger partial charge in [0.25, 0.3) is 0 Å². The normalized spacial score (nSPS) is 22.0. The fourth-order valence-electron chi connectivity index (χ4n) is 3.19. The summed E-state index contributed by atoms with van der Waals surface area (Å²) in [5.74, 6) is 1.64. The average molecular weight is 288 g/mol. The van der Waals surface area contributed by atoms with Crippen LogP contribution < -0.4 is 5.73 Å². The van der Waals surface area contributed by atoms with E-state index in [1.165, 1.54) is 30.6 Å². The fraction of sp³-hybridized carbons (Fsp3) is 0.684. The van der Waals surface area contributed by atoms with Crippen LogP contribution in [0.3, 0.4) is 0 Å². The Balaban J connectivity index is 1.93. The Morgan fingerprint density at radius 2 is 1.81 bits per heavy atom. The second-order valence-electron chi connectivity index (χ2n) is 8.03. The summed E-state index contributed by atoms with van der Waals surface area (Å²) in [4.78, 5) is 2.53. The highest BCUT2D eigenvalue weighted by Gasteiger charge is 2.26. The zero-order valence-corrected chi connectivity index (χ0v) is 14.4. The quantitative estimate of drug-likeness (QED) is 0.908. The molecule has 0 amide bonds. The molecule has 0 radical (unpaired) electrons. The van der Waals surface area contributed by atoms with Gasteiger partial charge in [-0.05, 0) is 41.3 Å². The first kappa shape index (κ1) is 16.5. The van der Waals surface area contributed by atoms with Crippen LogP contribution in [0, 0.1) is 11.8 Å². The molecule has 2 unspecified atom stereocenters. The second-order valence-corrected chi connectivity index (χ2v) is 8.03. The van der Waals surface area contributed by atoms with Crippen LogP contribution in [0.5, 0.6) is 0 Å². The van der Waals surface area contributed by atoms with Gasteiger partial charge in [0, 0.05) is 19.1 Å². The summed E-state index contributed by atoms with van der Waals surface area (Å²) in [5, 5.41) is 0. The molecule has 0 saturated carbocycles. The molecular formula is C19H32N2. The number of nitrogens with two attached hydrogens (primary N) is 1. The van der Waals surface area contributed by atoms with E-state index in [1.807, 2.05) is 0 Å². The van der Waals surface area contributed by atoms with Gasteiger partial charge >= 0.3 is 0 Å². The summed E-state index contributed by atoms with van der Waals surface area (Å²) in [5.41, 5.74) is 9.26. The lowest BCUT2D eigenvalue weighted by molar-refractivity contribution is 0.287. The molecule has 0 spiro atoms. The van der Waals surface area contributed by atoms with Crippen molar-refractivity contribution in [3.8, 4) is 0 Å². The predicted octanol–water partition coefficient (Wildman–Crippen LogP) is 3.96. The fourth-order valence-corrected chi connectivity index (χ4v) is 3.19. The van der Waals surface area contributed by atoms with E-state index >= 15 is 0 Å². The molecule has 1 aliphatic rings. The summed E-state index contributed by atoms with van der Waals surface area (Å²) in [6.45, 7) is 14.8. The van der Waals surface area contributed by atoms with Gasteiger partial charge in [0.05, 0.1) is 0 Å². The molecular weight excluding hydrogens is 256 g/mol. The van der Waals surface area contributed by atoms with Crippen molar-refractivity contribution in [1.29, 1.82) is 0 Å². The summed E-state index contributed by atoms with van der Waals surface area (Å²) in [6.07, 6.45) is 1.33. The van der Waals surface area contributed by atoms with Crippen LogP contribution in [0.15, 0.2) is 24.3 Å². The van der Waals surface area contributed by atoms with Gasteiger partial charge in [-0.15, -0.1) is 0 Å². The minimum Gasteiger partial charge on any atom is -0.323 e. The summed E-state index contributed by atoms with van der Waals surface area (Å²) in [6, 6.07) is 9.01. The van der Waals surface area contributed by atoms with Crippen LogP contribution in [0.2, 0.25) is 0 Å². The monoisotopic (exact) mass is 288 g/mol. The van der Waals surface area contributed by atoms with Crippen molar-refractivity contribution in [1.82, 2.24) is 4.90 Å². The standard InChI is InChI=1S/C19H32N2/c1-14(2)16-10-11-21(12-16)13-18(20)15-6-8-17(9-7-15)19(3,4)5/h6-9,14,16,18H,10-13,20H2,1-5H3. The summed E-state index contributed by atoms with van der Waals surface area (Å²) >= 11 is 0. The van der Waals surface area contributed by atoms with Crippen LogP contribution in [0.25, 0.3) is 0 Å². The number of nitrogens with zero attached hydrogens (tertiary/aromatic N) is 1. The van der Waals surface area contributed by atoms with Crippen LogP contribution in [0.4, 0.5) is 0 Å². The van der Waals surface area contributed by atoms with Crippen LogP contribution in [-0.2, 0) is 5.41 Å². The highest BCUT2D eigenvalue weighted by molar-refractivity contribution is 5.29. The molecule has 2 rings (SSSR count). The van der Waals surface area contributed by atoms with Gasteiger partial charge < -0.3 is 10.6 Å². The van der Waals surface area contributed by atoms with Crippen molar-refractivity contribution in [2.75, 3.05) is 19.6 Å². The molecule has 2 N–H and O–H groups in total. The third-order valence-corrected chi connectivity index (χ3v) is 4.91. The van der Waals surface area contributed by atoms with E-state index in [0.717, 1.165) is 18.4 Å². The summed E-state index contributed by atoms with van der Waals surface area (Å²) in [7, 11) is 0. The van der Waals surface area contributed by atoms with Crippen molar-refractivity contribution in [3.63, 3.8) is 0 Å². The number of hydrogen-bond donors (Lipinski definition) is 1. The van der Waals surface area contributed by atoms with E-state index in [4.69, 9.17) is 5.73 Å². The lowest BCUT2D eigenvalue weighted by Gasteiger charge is -2.23. The van der Waals surface area contributed by atoms with Crippen molar-refractivity contribution >= 4 is 0 Å². The van der Waals surface area contributed by atoms with Gasteiger partial charge in [0.1, 0.15) is 0 Å². The zero-order valence-electron chi connectivity index (χ0n) is 14.4. The van der Waals surface area contributed by atoms with Crippen molar-refractivity contribution in [3.05, 3.63) is 35.4 Å². The number of hydrogen-bond acceptors (Lipinski definition) is 2. The van der Waals surface area contributed by atoms with Gasteiger partial charge in [0.15, 0.2) is 0 Å². The SMILES string of the molecule is CC(C)C1CCN(CC(N)c2ccc(C(C)(C)C)cc2)C1. The maximum atomic E-state index is 6.41. The molecule has 2 nitrogen and oxygen atoms in total. The minimum atomic E-state index is 0.130. The van der Waals surface area contributed by atoms with Gasteiger partial charge in [0.2, 0.25) is 0 Å². The number of rotatable bonds is 4. The molecule has 1 saturated heterocycles. The molecule has 1 aromatic carbocycles. The lowest BCUT2D eigenvalue weighted by atomic mass is 9.86. The molecule has 1 aliphatic heterocycles. The molecule has 2 heteroatoms. The van der Waals surface area contributed by atoms with Crippen LogP contribution in [0.1, 0.15) is 58.2 Å². The van der Waals surface area contributed by atoms with Crippen molar-refractivity contribution in [2.45, 2.75) is 52.5 Å². The van der Waals surface area contributed by atoms with E-state index in [-0.39, 0.29) is 11.5 Å². The summed E-state index contributed by atoms with van der Waals surface area (Å²) < 4.78 is 0. The molecule has 2 atom stereocenters. The highest BCUT2D eigenvalue weighted by Crippen LogP contribution is 2.26. The highest BCUT2D eigenvalue weighted by atomic mass is 15.2. The van der Waals surface area contributed by atoms with E-state index in [0.29, 0.717) is 0 Å². The Labute approximate surface area is 130 Å². The molecule has 0 bridgehead atoms. The Kier molecular flexibility index (Phi) is 5.11. The first-order chi connectivity index (χ1) is 9.77. The second kappa shape index (κ2) is 6.50. The largest absolute Gasteiger partial charge is 0.323 e. The van der Waals surface area contributed by atoms with E-state index in [9.17, 15) is 0 Å². The lowest BCUT2D eigenvalue weighted by Crippen LogP contribution is -2.31. The molecule has 0 aromatic heterocycles. The minimum absolute atomic E-state index is 0.130. The van der Waals surface area contributed by atoms with Gasteiger partial charge in [-0.2, -0.15) is 0 Å². The maximum Gasteiger partial charge on any atom is 0.0424 e. The third kappa shape index (κ3) is 4.31. The van der Waals surface area contributed by atoms with Crippen LogP contribution in [-0.4, -0.2) is 24.5 Å². The third-order valence-electron chi connectivity index (χ3n) is 4.91. The van der Waals surface area contributed by atoms with Crippen LogP contribution >= 0.6 is 0 Å². The maximum absolute atomic E-state index is 6.41. The topological polar surface area (TPSA) is 29.3 Å². The number of likely N-dealkylation sites (tertiary alicyclic amines) is 1. The van der Waals surface area contributed by atoms with Gasteiger partial charge in [-0.1, -0.05) is 58.9 Å². The molecule has 21 heavy (non-hydrogen) atoms. The van der Waals surface area contributed by atoms with E-state index in [2.05, 4.69) is 63.8 Å². The number of benzene rings is 1. The smallest absolute Gasteiger partial charge is 0.0424 e. The van der Waals surface area contributed by atoms with Gasteiger partial charge in [-0.3, -0.25) is 0 Å². The van der Waals surface area contributed by atoms with Crippen molar-refractivity contribution < 1.29 is 0 Å². The molecule has 0 aliphatic carbocycles. The molecule has 1 aromatic rings. The predicted molar refractivity (Wildman–Crippen MR) is 91.5 cm³/mol. The first-order valence-corrected chi connectivity index (χ1v) is 8.35. The Morgan fingerprint density at radius 1 is 1.19 bits per heavy atom. The van der Waals surface area contributed by atoms with Gasteiger partial charge in [-0.25, -0.2) is 0 Å². The average Bonchev–Trinajstić information content (AvgIpc) is 2.86. The molecule has 1 fully saturated rings. The van der Waals surface area contributed by atoms with Crippen molar-refractivity contribution in [2.24, 2.45) is 17.6 Å². The molecule has 1 heterocycles. The van der Waals surface area contributed by atoms with E-state index < -0.39 is 0 Å². The van der Waals surface area contributed by atoms with E-state index in [1.54, 1.807) is 0 Å².